The Kier molecular flexibility index (Phi) is 3.01. The van der Waals surface area contributed by atoms with Gasteiger partial charge in [0.05, 0.1) is 0 Å². The van der Waals surface area contributed by atoms with Crippen LogP contribution in [0.4, 0.5) is 8.78 Å². The summed E-state index contributed by atoms with van der Waals surface area (Å²) >= 11 is 9.49. The number of hydrogen-bond acceptors (Lipinski definition) is 0. The average molecular weight is 145 g/mol. The van der Waals surface area contributed by atoms with Gasteiger partial charge in [-0.2, -0.15) is 8.78 Å². The molecule has 4 heteroatoms. The lowest BCUT2D eigenvalue weighted by atomic mass is 10.9. The van der Waals surface area contributed by atoms with Crippen molar-refractivity contribution in [1.29, 1.82) is 0 Å². The van der Waals surface area contributed by atoms with E-state index in [0.29, 0.717) is 0 Å². The van der Waals surface area contributed by atoms with Crippen molar-refractivity contribution < 1.29 is 8.78 Å². The second kappa shape index (κ2) is 3.03. The van der Waals surface area contributed by atoms with Crippen LogP contribution in [0.3, 0.4) is 0 Å². The molecule has 0 unspecified atom stereocenters. The van der Waals surface area contributed by atoms with E-state index >= 15 is 0 Å². The van der Waals surface area contributed by atoms with Gasteiger partial charge < -0.3 is 0 Å². The van der Waals surface area contributed by atoms with Crippen LogP contribution in [-0.4, -0.2) is 0 Å². The van der Waals surface area contributed by atoms with E-state index in [1.165, 1.54) is 5.73 Å². The standard InChI is InChI=1S/C3Cl2F2/c4-2(5)1-3(6)7. The van der Waals surface area contributed by atoms with Crippen LogP contribution in [0.5, 0.6) is 0 Å². The summed E-state index contributed by atoms with van der Waals surface area (Å²) in [5.74, 6) is 0. The van der Waals surface area contributed by atoms with Crippen LogP contribution >= 0.6 is 23.2 Å². The molecule has 0 radical (unpaired) electrons. The van der Waals surface area contributed by atoms with E-state index < -0.39 is 10.6 Å². The molecule has 0 bridgehead atoms. The molecule has 0 aromatic heterocycles. The van der Waals surface area contributed by atoms with Gasteiger partial charge in [0, 0.05) is 0 Å². The van der Waals surface area contributed by atoms with Gasteiger partial charge in [-0.25, -0.2) is 0 Å². The van der Waals surface area contributed by atoms with E-state index in [1.54, 1.807) is 0 Å². The highest BCUT2D eigenvalue weighted by atomic mass is 35.5. The third kappa shape index (κ3) is 5.96. The van der Waals surface area contributed by atoms with Gasteiger partial charge in [0.1, 0.15) is 0 Å². The Hall–Kier alpha value is -0.0400. The molecule has 0 fully saturated rings. The summed E-state index contributed by atoms with van der Waals surface area (Å²) in [6.45, 7) is 0. The van der Waals surface area contributed by atoms with E-state index in [9.17, 15) is 8.78 Å². The first-order chi connectivity index (χ1) is 3.13. The van der Waals surface area contributed by atoms with Crippen LogP contribution in [0.2, 0.25) is 0 Å². The van der Waals surface area contributed by atoms with Crippen molar-refractivity contribution in [2.24, 2.45) is 0 Å². The molecule has 0 aromatic carbocycles. The molecule has 7 heavy (non-hydrogen) atoms. The zero-order chi connectivity index (χ0) is 5.86. The lowest BCUT2D eigenvalue weighted by Crippen LogP contribution is -1.46. The van der Waals surface area contributed by atoms with Crippen molar-refractivity contribution in [3.05, 3.63) is 16.3 Å². The highest BCUT2D eigenvalue weighted by molar-refractivity contribution is 6.55. The molecule has 0 nitrogen and oxygen atoms in total. The predicted octanol–water partition coefficient (Wildman–Crippen LogP) is 2.68. The van der Waals surface area contributed by atoms with Gasteiger partial charge in [0.2, 0.25) is 0 Å². The fraction of sp³-hybridized carbons (Fsp3) is 0. The second-order valence-corrected chi connectivity index (χ2v) is 1.60. The summed E-state index contributed by atoms with van der Waals surface area (Å²) in [5.41, 5.74) is 1.34. The highest BCUT2D eigenvalue weighted by Gasteiger charge is 1.82. The van der Waals surface area contributed by atoms with Crippen LogP contribution in [0.15, 0.2) is 16.3 Å². The predicted molar refractivity (Wildman–Crippen MR) is 24.5 cm³/mol. The third-order valence-electron chi connectivity index (χ3n) is 0.189. The van der Waals surface area contributed by atoms with E-state index in [0.717, 1.165) is 0 Å². The number of rotatable bonds is 0. The zero-order valence-electron chi connectivity index (χ0n) is 3.01. The van der Waals surface area contributed by atoms with E-state index in [-0.39, 0.29) is 0 Å². The maximum Gasteiger partial charge on any atom is 0.315 e. The minimum Gasteiger partial charge on any atom is -0.164 e. The minimum atomic E-state index is -2.01. The molecule has 0 amide bonds. The lowest BCUT2D eigenvalue weighted by molar-refractivity contribution is 0.424. The van der Waals surface area contributed by atoms with E-state index in [1.807, 2.05) is 0 Å². The summed E-state index contributed by atoms with van der Waals surface area (Å²) in [6.07, 6.45) is -2.01. The van der Waals surface area contributed by atoms with Crippen molar-refractivity contribution in [3.8, 4) is 0 Å². The van der Waals surface area contributed by atoms with Gasteiger partial charge in [-0.05, 0) is 5.73 Å². The van der Waals surface area contributed by atoms with Gasteiger partial charge in [-0.15, -0.1) is 0 Å². The second-order valence-electron chi connectivity index (χ2n) is 0.646. The normalized spacial score (nSPS) is 7.43. The Labute approximate surface area is 49.0 Å². The summed E-state index contributed by atoms with van der Waals surface area (Å²) in [4.78, 5) is 0. The molecular formula is C3Cl2F2. The fourth-order valence-electron chi connectivity index (χ4n) is 0.0714. The summed E-state index contributed by atoms with van der Waals surface area (Å²) < 4.78 is 21.2. The topological polar surface area (TPSA) is 0 Å². The van der Waals surface area contributed by atoms with Gasteiger partial charge in [-0.3, -0.25) is 0 Å². The van der Waals surface area contributed by atoms with Crippen molar-refractivity contribution in [1.82, 2.24) is 0 Å². The van der Waals surface area contributed by atoms with Crippen molar-refractivity contribution in [2.45, 2.75) is 0 Å². The van der Waals surface area contributed by atoms with Crippen LogP contribution in [0, 0.1) is 0 Å². The Bertz CT molecular complexity index is 103. The molecule has 0 N–H and O–H groups in total. The van der Waals surface area contributed by atoms with Gasteiger partial charge in [0.15, 0.2) is 4.49 Å². The first-order valence-corrected chi connectivity index (χ1v) is 2.01. The molecule has 0 atom stereocenters. The Morgan fingerprint density at radius 1 is 1.29 bits per heavy atom. The highest BCUT2D eigenvalue weighted by Crippen LogP contribution is 2.06. The van der Waals surface area contributed by atoms with Crippen molar-refractivity contribution in [2.75, 3.05) is 0 Å². The average Bonchev–Trinajstić information content (AvgIpc) is 1.27. The van der Waals surface area contributed by atoms with Crippen LogP contribution in [0.25, 0.3) is 0 Å². The van der Waals surface area contributed by atoms with Crippen LogP contribution in [0.1, 0.15) is 0 Å². The maximum atomic E-state index is 10.9. The summed E-state index contributed by atoms with van der Waals surface area (Å²) in [5, 5.41) is 0. The molecule has 0 aromatic rings. The van der Waals surface area contributed by atoms with Gasteiger partial charge >= 0.3 is 6.08 Å². The lowest BCUT2D eigenvalue weighted by Gasteiger charge is -1.66. The maximum absolute atomic E-state index is 10.9. The van der Waals surface area contributed by atoms with E-state index in [2.05, 4.69) is 0 Å². The summed E-state index contributed by atoms with van der Waals surface area (Å²) in [6, 6.07) is 0. The molecule has 0 saturated carbocycles. The first-order valence-electron chi connectivity index (χ1n) is 1.26. The molecule has 0 aliphatic heterocycles. The quantitative estimate of drug-likeness (QED) is 0.459. The Morgan fingerprint density at radius 2 is 1.71 bits per heavy atom. The van der Waals surface area contributed by atoms with Gasteiger partial charge in [0.25, 0.3) is 0 Å². The third-order valence-corrected chi connectivity index (χ3v) is 0.378. The molecule has 0 rings (SSSR count). The van der Waals surface area contributed by atoms with Crippen molar-refractivity contribution in [3.63, 3.8) is 0 Å². The zero-order valence-corrected chi connectivity index (χ0v) is 4.52. The van der Waals surface area contributed by atoms with Gasteiger partial charge in [-0.1, -0.05) is 23.2 Å². The van der Waals surface area contributed by atoms with Crippen LogP contribution in [-0.2, 0) is 0 Å². The molecule has 0 saturated heterocycles. The smallest absolute Gasteiger partial charge is 0.164 e. The Morgan fingerprint density at radius 3 is 1.71 bits per heavy atom. The fourth-order valence-corrected chi connectivity index (χ4v) is 0.214. The largest absolute Gasteiger partial charge is 0.315 e. The molecule has 0 heterocycles. The molecule has 0 spiro atoms. The Balaban J connectivity index is 4.13. The van der Waals surface area contributed by atoms with Crippen LogP contribution < -0.4 is 0 Å². The van der Waals surface area contributed by atoms with Crippen molar-refractivity contribution >= 4 is 23.2 Å². The first kappa shape index (κ1) is 6.96. The number of hydrogen-bond donors (Lipinski definition) is 0. The van der Waals surface area contributed by atoms with E-state index in [4.69, 9.17) is 23.2 Å². The molecule has 40 valence electrons. The minimum absolute atomic E-state index is 0.556. The number of halogens is 4. The summed E-state index contributed by atoms with van der Waals surface area (Å²) in [7, 11) is 0. The molecule has 0 aliphatic rings. The molecule has 0 aliphatic carbocycles. The monoisotopic (exact) mass is 144 g/mol. The SMILES string of the molecule is FC(F)=C=C(Cl)Cl. The molecular weight excluding hydrogens is 145 g/mol.